The predicted molar refractivity (Wildman–Crippen MR) is 278 cm³/mol. The molecule has 63 heavy (non-hydrogen) atoms. The van der Waals surface area contributed by atoms with Crippen molar-refractivity contribution < 1.29 is 0 Å². The SMILES string of the molecule is CC(C)C1C2CC(C2)C1C.CC(C)C1C2CCC(C2)C1C(C)C.CC(C)C1C2CCC(CC2)C1C(C)C.CC(C)C1CC2CC(C2)C1C(C)C.CC(C)C1CC2CC(C2)C1C(C)C. The molecule has 0 heterocycles. The van der Waals surface area contributed by atoms with Gasteiger partial charge in [0.15, 0.2) is 0 Å². The molecule has 14 aliphatic rings. The first-order valence-electron chi connectivity index (χ1n) is 29.6. The van der Waals surface area contributed by atoms with Gasteiger partial charge >= 0.3 is 0 Å². The number of hydrogen-bond acceptors (Lipinski definition) is 0. The van der Waals surface area contributed by atoms with Crippen molar-refractivity contribution in [2.24, 2.45) is 172 Å². The Bertz CT molecular complexity index is 1220. The summed E-state index contributed by atoms with van der Waals surface area (Å²) in [6.07, 6.45) is 23.2. The van der Waals surface area contributed by atoms with Gasteiger partial charge in [-0.3, -0.25) is 0 Å². The first kappa shape index (κ1) is 52.4. The van der Waals surface area contributed by atoms with Crippen molar-refractivity contribution >= 4 is 0 Å². The molecule has 0 aliphatic heterocycles. The van der Waals surface area contributed by atoms with Crippen LogP contribution in [0.2, 0.25) is 0 Å². The predicted octanol–water partition coefficient (Wildman–Crippen LogP) is 19.2. The topological polar surface area (TPSA) is 0 Å². The lowest BCUT2D eigenvalue weighted by atomic mass is 9.51. The molecule has 0 spiro atoms. The summed E-state index contributed by atoms with van der Waals surface area (Å²) < 4.78 is 0. The van der Waals surface area contributed by atoms with Gasteiger partial charge in [0.25, 0.3) is 0 Å². The fourth-order valence-corrected chi connectivity index (χ4v) is 20.1. The van der Waals surface area contributed by atoms with Gasteiger partial charge in [0.2, 0.25) is 0 Å². The molecule has 368 valence electrons. The van der Waals surface area contributed by atoms with E-state index in [9.17, 15) is 0 Å². The standard InChI is InChI=1S/C14H26.3C13H24.C10H18/c1-9(2)13-11-5-7-12(8-6-11)14(13)10(3)4;2*1-8(2)12-7-10-5-11(6-10)13(12)9(3)4;1-8(2)12-10-5-6-11(7-10)13(12)9(3)4;1-6(2)10-7(3)8-4-9(10)5-8/h9-14H,5-8H2,1-4H3;3*8-13H,5-7H2,1-4H3;6-10H,4-5H2,1-3H3. The molecule has 14 saturated carbocycles. The fourth-order valence-electron chi connectivity index (χ4n) is 20.1. The van der Waals surface area contributed by atoms with E-state index >= 15 is 0 Å². The Morgan fingerprint density at radius 2 is 0.476 bits per heavy atom. The molecule has 12 atom stereocenters. The second-order valence-electron chi connectivity index (χ2n) is 29.1. The summed E-state index contributed by atoms with van der Waals surface area (Å²) in [4.78, 5) is 0. The molecule has 0 heteroatoms. The largest absolute Gasteiger partial charge is 0.0625 e. The lowest BCUT2D eigenvalue weighted by Crippen LogP contribution is -2.46. The smallest absolute Gasteiger partial charge is 0.0329 e. The summed E-state index contributed by atoms with van der Waals surface area (Å²) in [7, 11) is 0. The Kier molecular flexibility index (Phi) is 18.4. The van der Waals surface area contributed by atoms with Crippen LogP contribution < -0.4 is 0 Å². The minimum atomic E-state index is 0.912. The average molecular weight is 874 g/mol. The molecule has 14 fully saturated rings. The van der Waals surface area contributed by atoms with E-state index in [1.807, 2.05) is 0 Å². The maximum Gasteiger partial charge on any atom is -0.0329 e. The molecular formula is C63H116. The maximum absolute atomic E-state index is 2.46. The van der Waals surface area contributed by atoms with Gasteiger partial charge in [0.05, 0.1) is 0 Å². The summed E-state index contributed by atoms with van der Waals surface area (Å²) >= 11 is 0. The van der Waals surface area contributed by atoms with E-state index in [2.05, 4.69) is 132 Å². The van der Waals surface area contributed by atoms with Crippen molar-refractivity contribution in [1.82, 2.24) is 0 Å². The van der Waals surface area contributed by atoms with Crippen LogP contribution in [0.3, 0.4) is 0 Å². The lowest BCUT2D eigenvalue weighted by Gasteiger charge is -2.54. The molecule has 0 nitrogen and oxygen atoms in total. The second-order valence-corrected chi connectivity index (χ2v) is 29.1. The molecule has 0 amide bonds. The van der Waals surface area contributed by atoms with E-state index in [-0.39, 0.29) is 0 Å². The van der Waals surface area contributed by atoms with Crippen LogP contribution in [-0.4, -0.2) is 0 Å². The lowest BCUT2D eigenvalue weighted by molar-refractivity contribution is -0.0443. The summed E-state index contributed by atoms with van der Waals surface area (Å²) in [6, 6.07) is 0. The van der Waals surface area contributed by atoms with Crippen LogP contribution in [0.1, 0.15) is 228 Å². The highest BCUT2D eigenvalue weighted by Gasteiger charge is 2.52. The van der Waals surface area contributed by atoms with Gasteiger partial charge in [-0.05, 0) is 268 Å². The molecule has 0 aromatic rings. The van der Waals surface area contributed by atoms with Crippen molar-refractivity contribution in [2.45, 2.75) is 228 Å². The van der Waals surface area contributed by atoms with Crippen molar-refractivity contribution in [3.8, 4) is 0 Å². The Morgan fingerprint density at radius 1 is 0.222 bits per heavy atom. The van der Waals surface area contributed by atoms with Gasteiger partial charge in [0, 0.05) is 0 Å². The van der Waals surface area contributed by atoms with E-state index < -0.39 is 0 Å². The second kappa shape index (κ2) is 22.2. The zero-order valence-corrected chi connectivity index (χ0v) is 46.3. The quantitative estimate of drug-likeness (QED) is 0.217. The van der Waals surface area contributed by atoms with E-state index in [0.717, 1.165) is 172 Å². The fraction of sp³-hybridized carbons (Fsp3) is 1.00. The minimum absolute atomic E-state index is 0.912. The highest BCUT2D eigenvalue weighted by Crippen LogP contribution is 2.60. The number of rotatable bonds is 9. The molecule has 14 rings (SSSR count). The Labute approximate surface area is 397 Å². The van der Waals surface area contributed by atoms with Gasteiger partial charge in [0.1, 0.15) is 0 Å². The van der Waals surface area contributed by atoms with E-state index in [4.69, 9.17) is 0 Å². The third-order valence-electron chi connectivity index (χ3n) is 22.4. The van der Waals surface area contributed by atoms with Gasteiger partial charge < -0.3 is 0 Å². The van der Waals surface area contributed by atoms with Crippen molar-refractivity contribution in [3.63, 3.8) is 0 Å². The Morgan fingerprint density at radius 3 is 0.698 bits per heavy atom. The maximum atomic E-state index is 2.46. The molecule has 0 radical (unpaired) electrons. The first-order valence-corrected chi connectivity index (χ1v) is 29.6. The van der Waals surface area contributed by atoms with Gasteiger partial charge in [-0.15, -0.1) is 0 Å². The van der Waals surface area contributed by atoms with E-state index in [0.29, 0.717) is 0 Å². The van der Waals surface area contributed by atoms with Gasteiger partial charge in [-0.25, -0.2) is 0 Å². The molecule has 0 N–H and O–H groups in total. The molecule has 0 aromatic heterocycles. The summed E-state index contributed by atoms with van der Waals surface area (Å²) in [6.45, 7) is 46.2. The van der Waals surface area contributed by atoms with Crippen molar-refractivity contribution in [2.75, 3.05) is 0 Å². The highest BCUT2D eigenvalue weighted by atomic mass is 14.6. The first-order chi connectivity index (χ1) is 29.6. The van der Waals surface area contributed by atoms with Crippen LogP contribution in [0.25, 0.3) is 0 Å². The monoisotopic (exact) mass is 873 g/mol. The highest BCUT2D eigenvalue weighted by molar-refractivity contribution is 5.01. The third kappa shape index (κ3) is 11.6. The molecule has 10 bridgehead atoms. The van der Waals surface area contributed by atoms with Crippen LogP contribution in [0.4, 0.5) is 0 Å². The molecule has 14 aliphatic carbocycles. The normalized spacial score (nSPS) is 44.8. The van der Waals surface area contributed by atoms with Gasteiger partial charge in [-0.1, -0.05) is 132 Å². The Hall–Kier alpha value is 0. The van der Waals surface area contributed by atoms with Crippen LogP contribution >= 0.6 is 0 Å². The molecule has 12 unspecified atom stereocenters. The number of hydrogen-bond donors (Lipinski definition) is 0. The Balaban J connectivity index is 0.000000131. The zero-order valence-electron chi connectivity index (χ0n) is 46.3. The van der Waals surface area contributed by atoms with Crippen LogP contribution in [0.5, 0.6) is 0 Å². The van der Waals surface area contributed by atoms with Crippen molar-refractivity contribution in [1.29, 1.82) is 0 Å². The van der Waals surface area contributed by atoms with Crippen LogP contribution in [-0.2, 0) is 0 Å². The molecular weight excluding hydrogens is 757 g/mol. The number of fused-ring (bicyclic) bond motifs is 10. The third-order valence-corrected chi connectivity index (χ3v) is 22.4. The van der Waals surface area contributed by atoms with Crippen molar-refractivity contribution in [3.05, 3.63) is 0 Å². The summed E-state index contributed by atoms with van der Waals surface area (Å²) in [5.74, 6) is 29.8. The zero-order chi connectivity index (χ0) is 46.3. The average Bonchev–Trinajstić information content (AvgIpc) is 3.97. The minimum Gasteiger partial charge on any atom is -0.0625 e. The summed E-state index contributed by atoms with van der Waals surface area (Å²) in [5, 5.41) is 0. The molecule has 0 saturated heterocycles. The molecule has 0 aromatic carbocycles. The van der Waals surface area contributed by atoms with Crippen LogP contribution in [0.15, 0.2) is 0 Å². The van der Waals surface area contributed by atoms with Gasteiger partial charge in [-0.2, -0.15) is 0 Å². The van der Waals surface area contributed by atoms with E-state index in [1.54, 1.807) is 44.9 Å². The van der Waals surface area contributed by atoms with Crippen LogP contribution in [0, 0.1) is 172 Å². The summed E-state index contributed by atoms with van der Waals surface area (Å²) in [5.41, 5.74) is 0. The van der Waals surface area contributed by atoms with E-state index in [1.165, 1.54) is 51.4 Å².